The number of aromatic nitrogens is 2. The van der Waals surface area contributed by atoms with E-state index in [1.54, 1.807) is 22.9 Å². The second kappa shape index (κ2) is 5.52. The van der Waals surface area contributed by atoms with Gasteiger partial charge in [-0.25, -0.2) is 9.48 Å². The Labute approximate surface area is 112 Å². The van der Waals surface area contributed by atoms with Crippen molar-refractivity contribution >= 4 is 5.97 Å². The van der Waals surface area contributed by atoms with Gasteiger partial charge in [-0.2, -0.15) is 5.10 Å². The zero-order valence-corrected chi connectivity index (χ0v) is 11.1. The van der Waals surface area contributed by atoms with Crippen LogP contribution in [0.5, 0.6) is 0 Å². The minimum absolute atomic E-state index is 0.211. The maximum absolute atomic E-state index is 11.8. The van der Waals surface area contributed by atoms with Crippen LogP contribution in [0, 0.1) is 13.8 Å². The average Bonchev–Trinajstić information content (AvgIpc) is 2.75. The number of hydrogen-bond acceptors (Lipinski definition) is 3. The minimum Gasteiger partial charge on any atom is -0.458 e. The first-order valence-corrected chi connectivity index (χ1v) is 6.03. The lowest BCUT2D eigenvalue weighted by Gasteiger charge is -2.07. The van der Waals surface area contributed by atoms with Crippen molar-refractivity contribution in [1.29, 1.82) is 0 Å². The highest BCUT2D eigenvalue weighted by molar-refractivity contribution is 5.90. The molecule has 0 aliphatic carbocycles. The molecule has 4 heteroatoms. The van der Waals surface area contributed by atoms with Gasteiger partial charge in [0.2, 0.25) is 0 Å². The summed E-state index contributed by atoms with van der Waals surface area (Å²) < 4.78 is 6.82. The fraction of sp³-hybridized carbons (Fsp3) is 0.200. The monoisotopic (exact) mass is 256 g/mol. The number of rotatable bonds is 4. The van der Waals surface area contributed by atoms with E-state index in [0.29, 0.717) is 5.56 Å². The maximum atomic E-state index is 11.8. The highest BCUT2D eigenvalue weighted by Gasteiger charge is 2.09. The molecule has 0 N–H and O–H groups in total. The topological polar surface area (TPSA) is 44.1 Å². The Bertz CT molecular complexity index is 614. The number of nitrogens with zero attached hydrogens (tertiary/aromatic N) is 2. The first-order chi connectivity index (χ1) is 9.11. The summed E-state index contributed by atoms with van der Waals surface area (Å²) in [7, 11) is 0. The summed E-state index contributed by atoms with van der Waals surface area (Å²) >= 11 is 0. The Morgan fingerprint density at radius 1 is 1.42 bits per heavy atom. The van der Waals surface area contributed by atoms with Crippen LogP contribution in [0.25, 0.3) is 5.69 Å². The van der Waals surface area contributed by atoms with Gasteiger partial charge in [0.1, 0.15) is 6.61 Å². The van der Waals surface area contributed by atoms with Crippen LogP contribution in [-0.4, -0.2) is 22.4 Å². The van der Waals surface area contributed by atoms with E-state index >= 15 is 0 Å². The van der Waals surface area contributed by atoms with Crippen LogP contribution in [-0.2, 0) is 4.74 Å². The number of carbonyl (C=O) groups is 1. The molecule has 98 valence electrons. The maximum Gasteiger partial charge on any atom is 0.338 e. The number of ether oxygens (including phenoxy) is 1. The quantitative estimate of drug-likeness (QED) is 0.624. The lowest BCUT2D eigenvalue weighted by Crippen LogP contribution is -2.07. The van der Waals surface area contributed by atoms with Crippen molar-refractivity contribution in [2.24, 2.45) is 0 Å². The Balaban J connectivity index is 2.31. The fourth-order valence-electron chi connectivity index (χ4n) is 1.87. The summed E-state index contributed by atoms with van der Waals surface area (Å²) in [6.45, 7) is 7.64. The van der Waals surface area contributed by atoms with Crippen molar-refractivity contribution in [3.8, 4) is 5.69 Å². The van der Waals surface area contributed by atoms with Crippen molar-refractivity contribution in [3.63, 3.8) is 0 Å². The number of benzene rings is 1. The molecular weight excluding hydrogens is 240 g/mol. The summed E-state index contributed by atoms with van der Waals surface area (Å²) in [4.78, 5) is 11.8. The highest BCUT2D eigenvalue weighted by atomic mass is 16.5. The van der Waals surface area contributed by atoms with Crippen molar-refractivity contribution in [3.05, 3.63) is 59.9 Å². The van der Waals surface area contributed by atoms with Gasteiger partial charge in [0.15, 0.2) is 0 Å². The molecule has 0 aliphatic heterocycles. The highest BCUT2D eigenvalue weighted by Crippen LogP contribution is 2.14. The van der Waals surface area contributed by atoms with Crippen LogP contribution in [0.1, 0.15) is 21.7 Å². The second-order valence-corrected chi connectivity index (χ2v) is 4.28. The van der Waals surface area contributed by atoms with E-state index in [1.807, 2.05) is 32.0 Å². The van der Waals surface area contributed by atoms with Crippen LogP contribution < -0.4 is 0 Å². The number of carbonyl (C=O) groups excluding carboxylic acids is 1. The Hall–Kier alpha value is -2.36. The molecule has 0 bridgehead atoms. The molecule has 2 rings (SSSR count). The first kappa shape index (κ1) is 13.1. The molecule has 0 aliphatic rings. The van der Waals surface area contributed by atoms with E-state index in [1.165, 1.54) is 0 Å². The predicted molar refractivity (Wildman–Crippen MR) is 73.5 cm³/mol. The van der Waals surface area contributed by atoms with E-state index in [2.05, 4.69) is 11.7 Å². The molecule has 0 amide bonds. The van der Waals surface area contributed by atoms with Crippen LogP contribution in [0.4, 0.5) is 0 Å². The third kappa shape index (κ3) is 2.91. The summed E-state index contributed by atoms with van der Waals surface area (Å²) in [5, 5.41) is 4.39. The zero-order valence-electron chi connectivity index (χ0n) is 11.1. The summed E-state index contributed by atoms with van der Waals surface area (Å²) in [6.07, 6.45) is 1.54. The molecule has 0 saturated heterocycles. The fourth-order valence-corrected chi connectivity index (χ4v) is 1.87. The third-order valence-electron chi connectivity index (χ3n) is 2.67. The number of hydrogen-bond donors (Lipinski definition) is 0. The standard InChI is InChI=1S/C15H16N2O2/c1-4-8-19-15(18)13-6-5-7-14(10-13)17-12(3)9-11(2)16-17/h4-7,9-10H,1,8H2,2-3H3. The molecule has 0 saturated carbocycles. The first-order valence-electron chi connectivity index (χ1n) is 6.03. The van der Waals surface area contributed by atoms with Gasteiger partial charge in [0.25, 0.3) is 0 Å². The summed E-state index contributed by atoms with van der Waals surface area (Å²) in [5.74, 6) is -0.358. The van der Waals surface area contributed by atoms with E-state index in [0.717, 1.165) is 17.1 Å². The van der Waals surface area contributed by atoms with Crippen LogP contribution >= 0.6 is 0 Å². The average molecular weight is 256 g/mol. The van der Waals surface area contributed by atoms with Gasteiger partial charge in [-0.05, 0) is 38.1 Å². The van der Waals surface area contributed by atoms with Gasteiger partial charge < -0.3 is 4.74 Å². The van der Waals surface area contributed by atoms with E-state index in [-0.39, 0.29) is 12.6 Å². The Morgan fingerprint density at radius 2 is 2.21 bits per heavy atom. The molecule has 1 aromatic heterocycles. The van der Waals surface area contributed by atoms with Gasteiger partial charge in [0.05, 0.1) is 16.9 Å². The Kier molecular flexibility index (Phi) is 3.80. The Morgan fingerprint density at radius 3 is 2.84 bits per heavy atom. The van der Waals surface area contributed by atoms with E-state index < -0.39 is 0 Å². The molecule has 0 spiro atoms. The molecule has 0 atom stereocenters. The molecule has 0 unspecified atom stereocenters. The predicted octanol–water partition coefficient (Wildman–Crippen LogP) is 2.83. The van der Waals surface area contributed by atoms with Crippen LogP contribution in [0.3, 0.4) is 0 Å². The second-order valence-electron chi connectivity index (χ2n) is 4.28. The third-order valence-corrected chi connectivity index (χ3v) is 2.67. The van der Waals surface area contributed by atoms with Crippen molar-refractivity contribution in [2.45, 2.75) is 13.8 Å². The molecule has 19 heavy (non-hydrogen) atoms. The van der Waals surface area contributed by atoms with E-state index in [4.69, 9.17) is 4.74 Å². The van der Waals surface area contributed by atoms with Gasteiger partial charge in [-0.3, -0.25) is 0 Å². The van der Waals surface area contributed by atoms with Crippen LogP contribution in [0.15, 0.2) is 43.0 Å². The smallest absolute Gasteiger partial charge is 0.338 e. The van der Waals surface area contributed by atoms with Gasteiger partial charge >= 0.3 is 5.97 Å². The molecule has 1 aromatic carbocycles. The summed E-state index contributed by atoms with van der Waals surface area (Å²) in [6, 6.07) is 9.20. The molecular formula is C15H16N2O2. The van der Waals surface area contributed by atoms with Gasteiger partial charge in [-0.1, -0.05) is 18.7 Å². The summed E-state index contributed by atoms with van der Waals surface area (Å²) in [5.41, 5.74) is 3.32. The number of aryl methyl sites for hydroxylation is 2. The normalized spacial score (nSPS) is 10.2. The lowest BCUT2D eigenvalue weighted by atomic mass is 10.2. The van der Waals surface area contributed by atoms with Crippen molar-refractivity contribution < 1.29 is 9.53 Å². The molecule has 0 radical (unpaired) electrons. The SMILES string of the molecule is C=CCOC(=O)c1cccc(-n2nc(C)cc2C)c1. The van der Waals surface area contributed by atoms with Crippen LogP contribution in [0.2, 0.25) is 0 Å². The van der Waals surface area contributed by atoms with Crippen molar-refractivity contribution in [1.82, 2.24) is 9.78 Å². The van der Waals surface area contributed by atoms with E-state index in [9.17, 15) is 4.79 Å². The van der Waals surface area contributed by atoms with Crippen molar-refractivity contribution in [2.75, 3.05) is 6.61 Å². The lowest BCUT2D eigenvalue weighted by molar-refractivity contribution is 0.0549. The minimum atomic E-state index is -0.358. The largest absolute Gasteiger partial charge is 0.458 e. The number of esters is 1. The zero-order chi connectivity index (χ0) is 13.8. The molecule has 0 fully saturated rings. The van der Waals surface area contributed by atoms with Gasteiger partial charge in [-0.15, -0.1) is 0 Å². The molecule has 1 heterocycles. The molecule has 2 aromatic rings. The van der Waals surface area contributed by atoms with Gasteiger partial charge in [0, 0.05) is 5.69 Å². The molecule has 4 nitrogen and oxygen atoms in total.